The molecule has 2 nitrogen and oxygen atoms in total. The minimum absolute atomic E-state index is 0.950. The smallest absolute Gasteiger partial charge is 0.0473 e. The third-order valence-electron chi connectivity index (χ3n) is 3.58. The topological polar surface area (TPSA) is 17.0 Å². The van der Waals surface area contributed by atoms with Crippen LogP contribution >= 0.6 is 0 Å². The maximum atomic E-state index is 3.46. The van der Waals surface area contributed by atoms with E-state index in [2.05, 4.69) is 67.2 Å². The van der Waals surface area contributed by atoms with Crippen molar-refractivity contribution in [1.29, 1.82) is 0 Å². The molecule has 0 spiro atoms. The van der Waals surface area contributed by atoms with Gasteiger partial charge in [-0.1, -0.05) is 25.1 Å². The van der Waals surface area contributed by atoms with Crippen molar-refractivity contribution in [2.24, 2.45) is 0 Å². The molecule has 0 bridgehead atoms. The zero-order chi connectivity index (χ0) is 13.7. The highest BCUT2D eigenvalue weighted by Crippen LogP contribution is 2.13. The molecule has 1 aromatic carbocycles. The molecule has 1 heterocycles. The molecule has 1 N–H and O–H groups in total. The third kappa shape index (κ3) is 3.71. The average molecular weight is 256 g/mol. The van der Waals surface area contributed by atoms with E-state index in [9.17, 15) is 0 Å². The summed E-state index contributed by atoms with van der Waals surface area (Å²) in [6, 6.07) is 11.1. The van der Waals surface area contributed by atoms with Gasteiger partial charge in [-0.3, -0.25) is 0 Å². The summed E-state index contributed by atoms with van der Waals surface area (Å²) < 4.78 is 2.33. The Morgan fingerprint density at radius 3 is 2.68 bits per heavy atom. The van der Waals surface area contributed by atoms with Crippen LogP contribution in [0, 0.1) is 13.8 Å². The zero-order valence-electron chi connectivity index (χ0n) is 12.2. The third-order valence-corrected chi connectivity index (χ3v) is 3.58. The van der Waals surface area contributed by atoms with Crippen molar-refractivity contribution in [3.8, 4) is 0 Å². The van der Waals surface area contributed by atoms with Gasteiger partial charge in [0.15, 0.2) is 0 Å². The second kappa shape index (κ2) is 6.58. The van der Waals surface area contributed by atoms with E-state index in [0.29, 0.717) is 0 Å². The van der Waals surface area contributed by atoms with Crippen molar-refractivity contribution in [1.82, 2.24) is 9.88 Å². The normalized spacial score (nSPS) is 10.9. The molecular formula is C17H24N2. The van der Waals surface area contributed by atoms with Crippen molar-refractivity contribution >= 4 is 0 Å². The summed E-state index contributed by atoms with van der Waals surface area (Å²) in [6.07, 6.45) is 3.34. The predicted octanol–water partition coefficient (Wildman–Crippen LogP) is 3.65. The molecule has 0 radical (unpaired) electrons. The Hall–Kier alpha value is -1.54. The standard InChI is InChI=1S/C17H24N2/c1-4-9-18-12-17-6-5-10-19(17)13-16-8-7-14(2)15(3)11-16/h5-8,10-11,18H,4,9,12-13H2,1-3H3. The molecule has 0 saturated heterocycles. The fraction of sp³-hybridized carbons (Fsp3) is 0.412. The van der Waals surface area contributed by atoms with E-state index in [1.54, 1.807) is 0 Å². The molecule has 19 heavy (non-hydrogen) atoms. The number of rotatable bonds is 6. The van der Waals surface area contributed by atoms with Gasteiger partial charge in [-0.15, -0.1) is 0 Å². The number of hydrogen-bond donors (Lipinski definition) is 1. The molecule has 102 valence electrons. The Kier molecular flexibility index (Phi) is 4.80. The van der Waals surface area contributed by atoms with Crippen LogP contribution in [0.15, 0.2) is 36.5 Å². The van der Waals surface area contributed by atoms with Gasteiger partial charge in [0.2, 0.25) is 0 Å². The van der Waals surface area contributed by atoms with Crippen LogP contribution < -0.4 is 5.32 Å². The molecule has 0 amide bonds. The van der Waals surface area contributed by atoms with E-state index in [4.69, 9.17) is 0 Å². The second-order valence-electron chi connectivity index (χ2n) is 5.22. The van der Waals surface area contributed by atoms with Crippen LogP contribution in [-0.4, -0.2) is 11.1 Å². The molecule has 2 heteroatoms. The minimum Gasteiger partial charge on any atom is -0.346 e. The number of aromatic nitrogens is 1. The lowest BCUT2D eigenvalue weighted by molar-refractivity contribution is 0.630. The minimum atomic E-state index is 0.950. The molecule has 0 aliphatic carbocycles. The summed E-state index contributed by atoms with van der Waals surface area (Å²) in [7, 11) is 0. The van der Waals surface area contributed by atoms with Crippen LogP contribution in [0.4, 0.5) is 0 Å². The van der Waals surface area contributed by atoms with E-state index >= 15 is 0 Å². The molecule has 1 aromatic heterocycles. The van der Waals surface area contributed by atoms with Gasteiger partial charge >= 0.3 is 0 Å². The average Bonchev–Trinajstić information content (AvgIpc) is 2.82. The first-order valence-corrected chi connectivity index (χ1v) is 7.11. The number of benzene rings is 1. The van der Waals surface area contributed by atoms with Crippen molar-refractivity contribution in [2.75, 3.05) is 6.54 Å². The molecule has 2 rings (SSSR count). The zero-order valence-corrected chi connectivity index (χ0v) is 12.2. The number of aryl methyl sites for hydroxylation is 2. The highest BCUT2D eigenvalue weighted by Gasteiger charge is 2.02. The number of nitrogens with zero attached hydrogens (tertiary/aromatic N) is 1. The Morgan fingerprint density at radius 2 is 1.95 bits per heavy atom. The van der Waals surface area contributed by atoms with Gasteiger partial charge in [-0.2, -0.15) is 0 Å². The lowest BCUT2D eigenvalue weighted by Gasteiger charge is -2.11. The van der Waals surface area contributed by atoms with Crippen LogP contribution in [0.3, 0.4) is 0 Å². The van der Waals surface area contributed by atoms with Gasteiger partial charge in [0.05, 0.1) is 0 Å². The highest BCUT2D eigenvalue weighted by molar-refractivity contribution is 5.30. The summed E-state index contributed by atoms with van der Waals surface area (Å²) in [6.45, 7) is 9.52. The summed E-state index contributed by atoms with van der Waals surface area (Å²) in [5.74, 6) is 0. The van der Waals surface area contributed by atoms with Crippen molar-refractivity contribution in [2.45, 2.75) is 40.3 Å². The molecule has 0 unspecified atom stereocenters. The van der Waals surface area contributed by atoms with Crippen molar-refractivity contribution < 1.29 is 0 Å². The van der Waals surface area contributed by atoms with Crippen LogP contribution in [0.25, 0.3) is 0 Å². The molecule has 2 aromatic rings. The van der Waals surface area contributed by atoms with Crippen LogP contribution in [-0.2, 0) is 13.1 Å². The molecule has 0 atom stereocenters. The first kappa shape index (κ1) is 13.9. The summed E-state index contributed by atoms with van der Waals surface area (Å²) in [4.78, 5) is 0. The predicted molar refractivity (Wildman–Crippen MR) is 81.4 cm³/mol. The van der Waals surface area contributed by atoms with Gasteiger partial charge in [0.1, 0.15) is 0 Å². The largest absolute Gasteiger partial charge is 0.346 e. The fourth-order valence-electron chi connectivity index (χ4n) is 2.26. The molecule has 0 aliphatic heterocycles. The van der Waals surface area contributed by atoms with E-state index in [0.717, 1.165) is 19.6 Å². The Balaban J connectivity index is 2.06. The summed E-state index contributed by atoms with van der Waals surface area (Å²) >= 11 is 0. The lowest BCUT2D eigenvalue weighted by atomic mass is 10.1. The first-order chi connectivity index (χ1) is 9.20. The van der Waals surface area contributed by atoms with Crippen molar-refractivity contribution in [3.05, 3.63) is 58.9 Å². The lowest BCUT2D eigenvalue weighted by Crippen LogP contribution is -2.17. The first-order valence-electron chi connectivity index (χ1n) is 7.11. The fourth-order valence-corrected chi connectivity index (χ4v) is 2.26. The second-order valence-corrected chi connectivity index (χ2v) is 5.22. The monoisotopic (exact) mass is 256 g/mol. The van der Waals surface area contributed by atoms with Crippen LogP contribution in [0.1, 0.15) is 35.7 Å². The molecular weight excluding hydrogens is 232 g/mol. The molecule has 0 aliphatic rings. The number of hydrogen-bond acceptors (Lipinski definition) is 1. The van der Waals surface area contributed by atoms with Crippen LogP contribution in [0.2, 0.25) is 0 Å². The van der Waals surface area contributed by atoms with E-state index < -0.39 is 0 Å². The Labute approximate surface area is 116 Å². The Morgan fingerprint density at radius 1 is 1.11 bits per heavy atom. The van der Waals surface area contributed by atoms with Crippen LogP contribution in [0.5, 0.6) is 0 Å². The van der Waals surface area contributed by atoms with E-state index in [-0.39, 0.29) is 0 Å². The SMILES string of the molecule is CCCNCc1cccn1Cc1ccc(C)c(C)c1. The van der Waals surface area contributed by atoms with Gasteiger partial charge in [0.25, 0.3) is 0 Å². The molecule has 0 saturated carbocycles. The maximum absolute atomic E-state index is 3.46. The van der Waals surface area contributed by atoms with Crippen molar-refractivity contribution in [3.63, 3.8) is 0 Å². The summed E-state index contributed by atoms with van der Waals surface area (Å²) in [5.41, 5.74) is 5.46. The maximum Gasteiger partial charge on any atom is 0.0473 e. The highest BCUT2D eigenvalue weighted by atomic mass is 15.0. The Bertz CT molecular complexity index is 526. The molecule has 0 fully saturated rings. The van der Waals surface area contributed by atoms with Gasteiger partial charge in [-0.05, 0) is 55.6 Å². The number of nitrogens with one attached hydrogen (secondary N) is 1. The van der Waals surface area contributed by atoms with Gasteiger partial charge in [-0.25, -0.2) is 0 Å². The van der Waals surface area contributed by atoms with Gasteiger partial charge < -0.3 is 9.88 Å². The van der Waals surface area contributed by atoms with Gasteiger partial charge in [0, 0.05) is 25.0 Å². The van der Waals surface area contributed by atoms with E-state index in [1.807, 2.05) is 0 Å². The quantitative estimate of drug-likeness (QED) is 0.781. The van der Waals surface area contributed by atoms with E-state index in [1.165, 1.54) is 28.8 Å². The summed E-state index contributed by atoms with van der Waals surface area (Å²) in [5, 5.41) is 3.46.